The highest BCUT2D eigenvalue weighted by Crippen LogP contribution is 2.38. The van der Waals surface area contributed by atoms with E-state index in [-0.39, 0.29) is 5.69 Å². The zero-order valence-electron chi connectivity index (χ0n) is 12.8. The van der Waals surface area contributed by atoms with Crippen LogP contribution in [-0.2, 0) is 0 Å². The maximum atomic E-state index is 11.4. The molecular formula is C17H17N3O3. The molecule has 0 aliphatic rings. The van der Waals surface area contributed by atoms with Gasteiger partial charge in [0.25, 0.3) is 5.69 Å². The number of para-hydroxylation sites is 1. The summed E-state index contributed by atoms with van der Waals surface area (Å²) >= 11 is 0. The first kappa shape index (κ1) is 15.2. The quantitative estimate of drug-likeness (QED) is 0.432. The summed E-state index contributed by atoms with van der Waals surface area (Å²) in [5, 5.41) is 24.1. The lowest BCUT2D eigenvalue weighted by Gasteiger charge is -2.20. The summed E-state index contributed by atoms with van der Waals surface area (Å²) in [6.07, 6.45) is 1.70. The van der Waals surface area contributed by atoms with Crippen LogP contribution in [0, 0.1) is 10.1 Å². The van der Waals surface area contributed by atoms with E-state index in [0.29, 0.717) is 34.0 Å². The van der Waals surface area contributed by atoms with Gasteiger partial charge in [0, 0.05) is 18.0 Å². The lowest BCUT2D eigenvalue weighted by molar-refractivity contribution is -0.383. The Balaban J connectivity index is 2.39. The number of nitro benzene ring substituents is 1. The van der Waals surface area contributed by atoms with Crippen molar-refractivity contribution < 1.29 is 10.1 Å². The average Bonchev–Trinajstić information content (AvgIpc) is 2.56. The van der Waals surface area contributed by atoms with Crippen molar-refractivity contribution in [2.45, 2.75) is 19.8 Å². The molecule has 0 bridgehead atoms. The standard InChI is InChI=1S/C17H17N3O3/c1-2-3-11-19(21)17-12-7-4-5-8-13(12)18-14-9-6-10-15(16(14)17)20(22)23/h4-10,21H,2-3,11H2,1H3. The monoisotopic (exact) mass is 311 g/mol. The molecule has 0 unspecified atom stereocenters. The molecule has 0 saturated heterocycles. The molecule has 118 valence electrons. The van der Waals surface area contributed by atoms with Gasteiger partial charge in [-0.3, -0.25) is 20.4 Å². The molecule has 3 rings (SSSR count). The second-order valence-electron chi connectivity index (χ2n) is 5.38. The second-order valence-corrected chi connectivity index (χ2v) is 5.38. The van der Waals surface area contributed by atoms with E-state index < -0.39 is 4.92 Å². The molecule has 0 spiro atoms. The highest BCUT2D eigenvalue weighted by molar-refractivity contribution is 6.11. The number of nitro groups is 1. The highest BCUT2D eigenvalue weighted by Gasteiger charge is 2.21. The topological polar surface area (TPSA) is 79.5 Å². The van der Waals surface area contributed by atoms with Crippen LogP contribution in [0.1, 0.15) is 19.8 Å². The van der Waals surface area contributed by atoms with Crippen molar-refractivity contribution in [3.8, 4) is 0 Å². The number of aromatic nitrogens is 1. The van der Waals surface area contributed by atoms with Gasteiger partial charge >= 0.3 is 0 Å². The molecule has 3 aromatic rings. The molecule has 0 atom stereocenters. The minimum absolute atomic E-state index is 0.0497. The summed E-state index contributed by atoms with van der Waals surface area (Å²) in [5.41, 5.74) is 1.60. The molecular weight excluding hydrogens is 294 g/mol. The number of fused-ring (bicyclic) bond motifs is 2. The molecule has 2 aromatic carbocycles. The van der Waals surface area contributed by atoms with Crippen LogP contribution in [-0.4, -0.2) is 21.7 Å². The molecule has 6 nitrogen and oxygen atoms in total. The largest absolute Gasteiger partial charge is 0.288 e. The van der Waals surface area contributed by atoms with Crippen molar-refractivity contribution >= 4 is 33.2 Å². The molecule has 1 heterocycles. The number of unbranched alkanes of at least 4 members (excludes halogenated alkanes) is 1. The van der Waals surface area contributed by atoms with Crippen molar-refractivity contribution in [3.63, 3.8) is 0 Å². The summed E-state index contributed by atoms with van der Waals surface area (Å²) in [6, 6.07) is 12.1. The van der Waals surface area contributed by atoms with Gasteiger partial charge in [0.1, 0.15) is 5.39 Å². The number of rotatable bonds is 5. The maximum absolute atomic E-state index is 11.4. The van der Waals surface area contributed by atoms with Gasteiger partial charge in [0.2, 0.25) is 0 Å². The lowest BCUT2D eigenvalue weighted by atomic mass is 10.1. The van der Waals surface area contributed by atoms with Gasteiger partial charge < -0.3 is 0 Å². The van der Waals surface area contributed by atoms with Crippen LogP contribution in [0.5, 0.6) is 0 Å². The van der Waals surface area contributed by atoms with Gasteiger partial charge in [0.15, 0.2) is 0 Å². The van der Waals surface area contributed by atoms with E-state index in [9.17, 15) is 15.3 Å². The first-order valence-electron chi connectivity index (χ1n) is 7.55. The van der Waals surface area contributed by atoms with E-state index in [1.165, 1.54) is 6.07 Å². The SMILES string of the molecule is CCCCN(O)c1c2ccccc2nc2cccc([N+](=O)[O-])c12. The van der Waals surface area contributed by atoms with E-state index in [0.717, 1.165) is 17.9 Å². The number of benzene rings is 2. The first-order chi connectivity index (χ1) is 11.1. The fourth-order valence-electron chi connectivity index (χ4n) is 2.74. The van der Waals surface area contributed by atoms with Gasteiger partial charge in [-0.05, 0) is 18.6 Å². The first-order valence-corrected chi connectivity index (χ1v) is 7.55. The van der Waals surface area contributed by atoms with Crippen LogP contribution in [0.15, 0.2) is 42.5 Å². The molecule has 0 radical (unpaired) electrons. The van der Waals surface area contributed by atoms with Crippen molar-refractivity contribution in [1.82, 2.24) is 4.98 Å². The van der Waals surface area contributed by atoms with Gasteiger partial charge in [-0.1, -0.05) is 37.6 Å². The van der Waals surface area contributed by atoms with Crippen LogP contribution in [0.2, 0.25) is 0 Å². The number of nitrogens with zero attached hydrogens (tertiary/aromatic N) is 3. The Morgan fingerprint density at radius 2 is 1.91 bits per heavy atom. The van der Waals surface area contributed by atoms with Crippen molar-refractivity contribution in [1.29, 1.82) is 0 Å². The molecule has 23 heavy (non-hydrogen) atoms. The number of anilines is 1. The van der Waals surface area contributed by atoms with Gasteiger partial charge in [-0.2, -0.15) is 0 Å². The normalized spacial score (nSPS) is 11.0. The third-order valence-corrected chi connectivity index (χ3v) is 3.84. The molecule has 1 aromatic heterocycles. The molecule has 0 fully saturated rings. The van der Waals surface area contributed by atoms with E-state index in [1.54, 1.807) is 12.1 Å². The van der Waals surface area contributed by atoms with Crippen LogP contribution >= 0.6 is 0 Å². The zero-order chi connectivity index (χ0) is 16.4. The predicted octanol–water partition coefficient (Wildman–Crippen LogP) is 4.29. The Hall–Kier alpha value is -2.73. The highest BCUT2D eigenvalue weighted by atomic mass is 16.6. The Morgan fingerprint density at radius 1 is 1.17 bits per heavy atom. The molecule has 0 amide bonds. The van der Waals surface area contributed by atoms with Crippen LogP contribution in [0.4, 0.5) is 11.4 Å². The predicted molar refractivity (Wildman–Crippen MR) is 89.9 cm³/mol. The minimum Gasteiger partial charge on any atom is -0.288 e. The summed E-state index contributed by atoms with van der Waals surface area (Å²) < 4.78 is 0. The Labute approximate surface area is 133 Å². The fourth-order valence-corrected chi connectivity index (χ4v) is 2.74. The maximum Gasteiger partial charge on any atom is 0.280 e. The van der Waals surface area contributed by atoms with E-state index in [2.05, 4.69) is 4.98 Å². The van der Waals surface area contributed by atoms with Crippen LogP contribution in [0.3, 0.4) is 0 Å². The summed E-state index contributed by atoms with van der Waals surface area (Å²) in [4.78, 5) is 15.5. The van der Waals surface area contributed by atoms with Crippen molar-refractivity contribution in [2.24, 2.45) is 0 Å². The fraction of sp³-hybridized carbons (Fsp3) is 0.235. The zero-order valence-corrected chi connectivity index (χ0v) is 12.8. The van der Waals surface area contributed by atoms with E-state index >= 15 is 0 Å². The summed E-state index contributed by atoms with van der Waals surface area (Å²) in [7, 11) is 0. The van der Waals surface area contributed by atoms with E-state index in [4.69, 9.17) is 0 Å². The molecule has 0 aliphatic carbocycles. The number of pyridine rings is 1. The number of hydroxylamine groups is 1. The Bertz CT molecular complexity index is 879. The molecule has 6 heteroatoms. The van der Waals surface area contributed by atoms with Crippen molar-refractivity contribution in [3.05, 3.63) is 52.6 Å². The molecule has 0 aliphatic heterocycles. The number of hydrogen-bond acceptors (Lipinski definition) is 5. The van der Waals surface area contributed by atoms with Crippen LogP contribution in [0.25, 0.3) is 21.8 Å². The lowest BCUT2D eigenvalue weighted by Crippen LogP contribution is -2.20. The summed E-state index contributed by atoms with van der Waals surface area (Å²) in [5.74, 6) is 0. The van der Waals surface area contributed by atoms with Gasteiger partial charge in [0.05, 0.1) is 21.6 Å². The summed E-state index contributed by atoms with van der Waals surface area (Å²) in [6.45, 7) is 2.44. The Kier molecular flexibility index (Phi) is 4.08. The average molecular weight is 311 g/mol. The smallest absolute Gasteiger partial charge is 0.280 e. The van der Waals surface area contributed by atoms with Gasteiger partial charge in [-0.25, -0.2) is 4.98 Å². The molecule has 0 saturated carbocycles. The number of hydrogen-bond donors (Lipinski definition) is 1. The van der Waals surface area contributed by atoms with Crippen LogP contribution < -0.4 is 5.06 Å². The molecule has 1 N–H and O–H groups in total. The second kappa shape index (κ2) is 6.18. The third-order valence-electron chi connectivity index (χ3n) is 3.84. The third kappa shape index (κ3) is 2.68. The Morgan fingerprint density at radius 3 is 2.65 bits per heavy atom. The van der Waals surface area contributed by atoms with Gasteiger partial charge in [-0.15, -0.1) is 0 Å². The van der Waals surface area contributed by atoms with Crippen molar-refractivity contribution in [2.75, 3.05) is 11.6 Å². The number of non-ortho nitro benzene ring substituents is 1. The van der Waals surface area contributed by atoms with E-state index in [1.807, 2.05) is 31.2 Å². The minimum atomic E-state index is -0.435.